The van der Waals surface area contributed by atoms with Crippen molar-refractivity contribution in [3.05, 3.63) is 59.7 Å². The SMILES string of the molecule is CCC(C)N(C(=O)c1cccc(OC)c1)C1CC(=O)N(c2ccc(C(=O)OC)cc2)C1=O. The normalized spacial score (nSPS) is 16.6. The van der Waals surface area contributed by atoms with Gasteiger partial charge in [0.2, 0.25) is 5.91 Å². The minimum atomic E-state index is -0.920. The molecule has 1 heterocycles. The van der Waals surface area contributed by atoms with E-state index in [9.17, 15) is 19.2 Å². The summed E-state index contributed by atoms with van der Waals surface area (Å²) >= 11 is 0. The molecule has 1 aliphatic heterocycles. The lowest BCUT2D eigenvalue weighted by molar-refractivity contribution is -0.122. The molecular weight excluding hydrogens is 412 g/mol. The first-order valence-electron chi connectivity index (χ1n) is 10.3. The molecule has 2 aromatic carbocycles. The Bertz CT molecular complexity index is 1030. The zero-order valence-corrected chi connectivity index (χ0v) is 18.5. The summed E-state index contributed by atoms with van der Waals surface area (Å²) in [5, 5.41) is 0. The number of carbonyl (C=O) groups excluding carboxylic acids is 4. The van der Waals surface area contributed by atoms with Crippen molar-refractivity contribution >= 4 is 29.4 Å². The number of rotatable bonds is 7. The van der Waals surface area contributed by atoms with Crippen LogP contribution < -0.4 is 9.64 Å². The van der Waals surface area contributed by atoms with Gasteiger partial charge in [-0.2, -0.15) is 0 Å². The number of hydrogen-bond donors (Lipinski definition) is 0. The van der Waals surface area contributed by atoms with E-state index in [2.05, 4.69) is 4.74 Å². The number of imide groups is 1. The number of ether oxygens (including phenoxy) is 2. The van der Waals surface area contributed by atoms with Gasteiger partial charge in [0.1, 0.15) is 11.8 Å². The minimum Gasteiger partial charge on any atom is -0.497 e. The fourth-order valence-electron chi connectivity index (χ4n) is 3.72. The molecule has 168 valence electrons. The maximum absolute atomic E-state index is 13.4. The topological polar surface area (TPSA) is 93.2 Å². The van der Waals surface area contributed by atoms with Gasteiger partial charge >= 0.3 is 5.97 Å². The number of methoxy groups -OCH3 is 2. The van der Waals surface area contributed by atoms with E-state index >= 15 is 0 Å². The second kappa shape index (κ2) is 9.64. The Balaban J connectivity index is 1.92. The lowest BCUT2D eigenvalue weighted by Gasteiger charge is -2.33. The van der Waals surface area contributed by atoms with Gasteiger partial charge in [0.05, 0.1) is 31.9 Å². The molecule has 2 unspecified atom stereocenters. The number of anilines is 1. The highest BCUT2D eigenvalue weighted by atomic mass is 16.5. The third-order valence-electron chi connectivity index (χ3n) is 5.62. The summed E-state index contributed by atoms with van der Waals surface area (Å²) in [4.78, 5) is 53.7. The highest BCUT2D eigenvalue weighted by molar-refractivity contribution is 6.23. The summed E-state index contributed by atoms with van der Waals surface area (Å²) in [6.45, 7) is 3.77. The predicted molar refractivity (Wildman–Crippen MR) is 118 cm³/mol. The molecule has 0 aromatic heterocycles. The number of hydrogen-bond acceptors (Lipinski definition) is 6. The van der Waals surface area contributed by atoms with Crippen molar-refractivity contribution < 1.29 is 28.7 Å². The lowest BCUT2D eigenvalue weighted by atomic mass is 10.1. The van der Waals surface area contributed by atoms with Crippen LogP contribution in [0.15, 0.2) is 48.5 Å². The highest BCUT2D eigenvalue weighted by Crippen LogP contribution is 2.29. The fraction of sp³-hybridized carbons (Fsp3) is 0.333. The van der Waals surface area contributed by atoms with Crippen LogP contribution in [0.5, 0.6) is 5.75 Å². The van der Waals surface area contributed by atoms with Crippen molar-refractivity contribution in [1.82, 2.24) is 4.90 Å². The minimum absolute atomic E-state index is 0.113. The van der Waals surface area contributed by atoms with Gasteiger partial charge in [-0.3, -0.25) is 14.4 Å². The summed E-state index contributed by atoms with van der Waals surface area (Å²) in [6, 6.07) is 11.5. The smallest absolute Gasteiger partial charge is 0.337 e. The van der Waals surface area contributed by atoms with Gasteiger partial charge in [-0.15, -0.1) is 0 Å². The molecule has 0 saturated carbocycles. The number of esters is 1. The monoisotopic (exact) mass is 438 g/mol. The summed E-state index contributed by atoms with van der Waals surface area (Å²) in [7, 11) is 2.79. The van der Waals surface area contributed by atoms with Crippen molar-refractivity contribution in [1.29, 1.82) is 0 Å². The van der Waals surface area contributed by atoms with Gasteiger partial charge in [-0.25, -0.2) is 9.69 Å². The van der Waals surface area contributed by atoms with E-state index < -0.39 is 23.8 Å². The molecule has 0 radical (unpaired) electrons. The van der Waals surface area contributed by atoms with E-state index in [1.165, 1.54) is 43.4 Å². The highest BCUT2D eigenvalue weighted by Gasteiger charge is 2.45. The molecule has 0 spiro atoms. The Hall–Kier alpha value is -3.68. The molecule has 3 amide bonds. The van der Waals surface area contributed by atoms with E-state index in [-0.39, 0.29) is 18.4 Å². The van der Waals surface area contributed by atoms with Crippen LogP contribution in [-0.4, -0.2) is 54.9 Å². The van der Waals surface area contributed by atoms with Gasteiger partial charge < -0.3 is 14.4 Å². The van der Waals surface area contributed by atoms with Crippen molar-refractivity contribution in [3.8, 4) is 5.75 Å². The van der Waals surface area contributed by atoms with E-state index in [1.54, 1.807) is 24.3 Å². The quantitative estimate of drug-likeness (QED) is 0.487. The van der Waals surface area contributed by atoms with Crippen LogP contribution in [0.25, 0.3) is 0 Å². The van der Waals surface area contributed by atoms with Crippen molar-refractivity contribution in [2.24, 2.45) is 0 Å². The largest absolute Gasteiger partial charge is 0.497 e. The van der Waals surface area contributed by atoms with Crippen molar-refractivity contribution in [2.75, 3.05) is 19.1 Å². The molecule has 1 aliphatic rings. The summed E-state index contributed by atoms with van der Waals surface area (Å²) in [5.41, 5.74) is 1.03. The summed E-state index contributed by atoms with van der Waals surface area (Å²) in [5.74, 6) is -1.20. The number of carbonyl (C=O) groups is 4. The number of benzene rings is 2. The predicted octanol–water partition coefficient (Wildman–Crippen LogP) is 3.05. The summed E-state index contributed by atoms with van der Waals surface area (Å²) < 4.78 is 9.89. The van der Waals surface area contributed by atoms with Crippen molar-refractivity contribution in [2.45, 2.75) is 38.8 Å². The lowest BCUT2D eigenvalue weighted by Crippen LogP contribution is -2.49. The first kappa shape index (κ1) is 23.0. The number of nitrogens with zero attached hydrogens (tertiary/aromatic N) is 2. The first-order valence-corrected chi connectivity index (χ1v) is 10.3. The van der Waals surface area contributed by atoms with Gasteiger partial charge in [-0.05, 0) is 55.8 Å². The van der Waals surface area contributed by atoms with Crippen LogP contribution in [0.4, 0.5) is 5.69 Å². The zero-order chi connectivity index (χ0) is 23.4. The average molecular weight is 438 g/mol. The Labute approximate surface area is 186 Å². The summed E-state index contributed by atoms with van der Waals surface area (Å²) in [6.07, 6.45) is 0.499. The van der Waals surface area contributed by atoms with Gasteiger partial charge in [0, 0.05) is 11.6 Å². The van der Waals surface area contributed by atoms with Crippen LogP contribution in [0.1, 0.15) is 47.4 Å². The van der Waals surface area contributed by atoms with E-state index in [0.717, 1.165) is 4.90 Å². The molecule has 2 aromatic rings. The Kier molecular flexibility index (Phi) is 6.92. The standard InChI is InChI=1S/C24H26N2O6/c1-5-15(2)25(22(28)17-7-6-8-19(13-17)31-3)20-14-21(27)26(23(20)29)18-11-9-16(10-12-18)24(30)32-4/h6-13,15,20H,5,14H2,1-4H3. The van der Waals surface area contributed by atoms with Crippen LogP contribution in [0.3, 0.4) is 0 Å². The van der Waals surface area contributed by atoms with Crippen LogP contribution >= 0.6 is 0 Å². The zero-order valence-electron chi connectivity index (χ0n) is 18.5. The Morgan fingerprint density at radius 1 is 1.09 bits per heavy atom. The van der Waals surface area contributed by atoms with E-state index in [4.69, 9.17) is 4.74 Å². The molecule has 8 nitrogen and oxygen atoms in total. The van der Waals surface area contributed by atoms with E-state index in [1.807, 2.05) is 13.8 Å². The molecule has 8 heteroatoms. The van der Waals surface area contributed by atoms with E-state index in [0.29, 0.717) is 29.0 Å². The van der Waals surface area contributed by atoms with Gasteiger partial charge in [-0.1, -0.05) is 13.0 Å². The average Bonchev–Trinajstić information content (AvgIpc) is 3.11. The Morgan fingerprint density at radius 2 is 1.78 bits per heavy atom. The Morgan fingerprint density at radius 3 is 2.38 bits per heavy atom. The van der Waals surface area contributed by atoms with Gasteiger partial charge in [0.25, 0.3) is 11.8 Å². The molecular formula is C24H26N2O6. The third kappa shape index (κ3) is 4.34. The molecule has 2 atom stereocenters. The van der Waals surface area contributed by atoms with Crippen LogP contribution in [0.2, 0.25) is 0 Å². The van der Waals surface area contributed by atoms with Gasteiger partial charge in [0.15, 0.2) is 0 Å². The maximum Gasteiger partial charge on any atom is 0.337 e. The van der Waals surface area contributed by atoms with Crippen LogP contribution in [-0.2, 0) is 14.3 Å². The molecule has 1 fully saturated rings. The molecule has 32 heavy (non-hydrogen) atoms. The first-order chi connectivity index (χ1) is 15.3. The second-order valence-electron chi connectivity index (χ2n) is 7.53. The third-order valence-corrected chi connectivity index (χ3v) is 5.62. The molecule has 0 aliphatic carbocycles. The molecule has 0 bridgehead atoms. The molecule has 3 rings (SSSR count). The van der Waals surface area contributed by atoms with Crippen molar-refractivity contribution in [3.63, 3.8) is 0 Å². The maximum atomic E-state index is 13.4. The van der Waals surface area contributed by atoms with Crippen LogP contribution in [0, 0.1) is 0 Å². The number of amides is 3. The fourth-order valence-corrected chi connectivity index (χ4v) is 3.72. The second-order valence-corrected chi connectivity index (χ2v) is 7.53. The molecule has 1 saturated heterocycles. The molecule has 0 N–H and O–H groups in total.